The number of hydrogen-bond donors (Lipinski definition) is 0. The summed E-state index contributed by atoms with van der Waals surface area (Å²) >= 11 is 3.35. The lowest BCUT2D eigenvalue weighted by Crippen LogP contribution is -2.06. The van der Waals surface area contributed by atoms with Gasteiger partial charge >= 0.3 is 18.2 Å². The number of rotatable bonds is 1. The van der Waals surface area contributed by atoms with E-state index in [0.717, 1.165) is 5.52 Å². The molecule has 56 valence electrons. The topological polar surface area (TPSA) is 12.9 Å². The predicted octanol–water partition coefficient (Wildman–Crippen LogP) is 1.87. The van der Waals surface area contributed by atoms with Crippen molar-refractivity contribution in [3.8, 4) is 0 Å². The van der Waals surface area contributed by atoms with Gasteiger partial charge in [0, 0.05) is 6.20 Å². The van der Waals surface area contributed by atoms with Gasteiger partial charge in [-0.15, -0.1) is 0 Å². The first-order valence-electron chi connectivity index (χ1n) is 3.80. The molecule has 2 rings (SSSR count). The first-order chi connectivity index (χ1) is 5.90. The molecule has 0 aliphatic rings. The number of hydrogen-bond acceptors (Lipinski definition) is 1. The molecule has 0 N–H and O–H groups in total. The molecule has 2 aromatic rings. The summed E-state index contributed by atoms with van der Waals surface area (Å²) in [5, 5.41) is 1.24. The van der Waals surface area contributed by atoms with E-state index in [1.807, 2.05) is 12.3 Å². The van der Waals surface area contributed by atoms with Gasteiger partial charge in [0.05, 0.1) is 5.52 Å². The largest absolute Gasteiger partial charge is 0.506 e. The van der Waals surface area contributed by atoms with Crippen molar-refractivity contribution in [3.63, 3.8) is 0 Å². The van der Waals surface area contributed by atoms with Crippen molar-refractivity contribution >= 4 is 45.7 Å². The van der Waals surface area contributed by atoms with Crippen LogP contribution in [0, 0.1) is 0 Å². The Labute approximate surface area is 86.8 Å². The zero-order valence-corrected chi connectivity index (χ0v) is 9.50. The Morgan fingerprint density at radius 2 is 2.17 bits per heavy atom. The summed E-state index contributed by atoms with van der Waals surface area (Å²) in [5.74, 6) is 0. The number of pyridine rings is 1. The molecule has 0 amide bonds. The molecular weight excluding hydrogens is 226 g/mol. The zero-order chi connectivity index (χ0) is 8.39. The van der Waals surface area contributed by atoms with Crippen molar-refractivity contribution in [1.29, 1.82) is 0 Å². The lowest BCUT2D eigenvalue weighted by atomic mass is 10.2. The van der Waals surface area contributed by atoms with Gasteiger partial charge in [-0.2, -0.15) is 3.69 Å². The highest BCUT2D eigenvalue weighted by Crippen LogP contribution is 2.07. The van der Waals surface area contributed by atoms with Crippen LogP contribution in [-0.2, 0) is 0 Å². The van der Waals surface area contributed by atoms with Gasteiger partial charge < -0.3 is 0 Å². The maximum Gasteiger partial charge on any atom is 0.506 e. The highest BCUT2D eigenvalue weighted by molar-refractivity contribution is 9.23. The van der Waals surface area contributed by atoms with Crippen molar-refractivity contribution < 1.29 is 0 Å². The van der Waals surface area contributed by atoms with Crippen LogP contribution in [0.25, 0.3) is 10.9 Å². The van der Waals surface area contributed by atoms with Gasteiger partial charge in [0.2, 0.25) is 0 Å². The summed E-state index contributed by atoms with van der Waals surface area (Å²) < 4.78 is 1.43. The number of fused-ring (bicyclic) bond motifs is 1. The van der Waals surface area contributed by atoms with E-state index in [-0.39, 0.29) is 18.2 Å². The summed E-state index contributed by atoms with van der Waals surface area (Å²) in [6.45, 7) is 0. The smallest absolute Gasteiger partial charge is 0.296 e. The van der Waals surface area contributed by atoms with E-state index in [4.69, 9.17) is 0 Å². The summed E-state index contributed by atoms with van der Waals surface area (Å²) in [6.07, 6.45) is 1.83. The molecule has 3 heteroatoms. The summed E-state index contributed by atoms with van der Waals surface area (Å²) in [7, 11) is 0. The van der Waals surface area contributed by atoms with Gasteiger partial charge in [0.25, 0.3) is 0 Å². The first-order valence-corrected chi connectivity index (χ1v) is 8.40. The Bertz CT molecular complexity index is 402. The van der Waals surface area contributed by atoms with E-state index >= 15 is 0 Å². The molecule has 0 saturated heterocycles. The molecule has 0 bridgehead atoms. The van der Waals surface area contributed by atoms with Crippen molar-refractivity contribution in [3.05, 3.63) is 36.5 Å². The van der Waals surface area contributed by atoms with E-state index in [0.29, 0.717) is 0 Å². The van der Waals surface area contributed by atoms with Crippen LogP contribution in [0.1, 0.15) is 0 Å². The van der Waals surface area contributed by atoms with Gasteiger partial charge in [-0.25, -0.2) is 0 Å². The fourth-order valence-electron chi connectivity index (χ4n) is 1.21. The molecule has 0 atom stereocenters. The highest BCUT2D eigenvalue weighted by atomic mass is 79.9. The SMILES string of the molecule is [Br][Mg][c]1ccc2ncccc2c1. The minimum absolute atomic E-state index is 0.212. The van der Waals surface area contributed by atoms with E-state index in [2.05, 4.69) is 42.1 Å². The maximum absolute atomic E-state index is 4.26. The Hall–Kier alpha value is -0.124. The average molecular weight is 232 g/mol. The molecule has 1 aromatic carbocycles. The second-order valence-electron chi connectivity index (χ2n) is 2.66. The third-order valence-corrected chi connectivity index (χ3v) is 4.51. The Morgan fingerprint density at radius 3 is 3.00 bits per heavy atom. The molecule has 0 radical (unpaired) electrons. The standard InChI is InChI=1S/C9H6N.BrH.Mg/c1-2-6-9-8(4-1)5-3-7-10-9;;/h2-7H;1H;/q;;+1/p-1. The molecule has 1 heterocycles. The molecule has 12 heavy (non-hydrogen) atoms. The van der Waals surface area contributed by atoms with Crippen LogP contribution in [0.4, 0.5) is 0 Å². The lowest BCUT2D eigenvalue weighted by Gasteiger charge is -1.98. The number of halogens is 1. The predicted molar refractivity (Wildman–Crippen MR) is 56.1 cm³/mol. The van der Waals surface area contributed by atoms with E-state index in [9.17, 15) is 0 Å². The monoisotopic (exact) mass is 231 g/mol. The van der Waals surface area contributed by atoms with Crippen molar-refractivity contribution in [2.75, 3.05) is 0 Å². The fraction of sp³-hybridized carbons (Fsp3) is 0. The van der Waals surface area contributed by atoms with Crippen LogP contribution < -0.4 is 3.69 Å². The quantitative estimate of drug-likeness (QED) is 0.684. The molecule has 1 aromatic heterocycles. The number of aromatic nitrogens is 1. The second kappa shape index (κ2) is 3.72. The molecule has 0 spiro atoms. The van der Waals surface area contributed by atoms with E-state index in [1.54, 1.807) is 0 Å². The first kappa shape index (κ1) is 8.47. The van der Waals surface area contributed by atoms with Gasteiger partial charge in [0.15, 0.2) is 0 Å². The van der Waals surface area contributed by atoms with Gasteiger partial charge in [0.1, 0.15) is 0 Å². The second-order valence-corrected chi connectivity index (χ2v) is 5.43. The maximum atomic E-state index is 4.26. The molecular formula is C9H6BrMgN. The van der Waals surface area contributed by atoms with Crippen LogP contribution in [0.3, 0.4) is 0 Å². The Balaban J connectivity index is 2.67. The summed E-state index contributed by atoms with van der Waals surface area (Å²) in [4.78, 5) is 4.26. The van der Waals surface area contributed by atoms with E-state index in [1.165, 1.54) is 9.08 Å². The van der Waals surface area contributed by atoms with Crippen molar-refractivity contribution in [2.45, 2.75) is 0 Å². The molecule has 0 fully saturated rings. The summed E-state index contributed by atoms with van der Waals surface area (Å²) in [6, 6.07) is 10.5. The minimum Gasteiger partial charge on any atom is -0.296 e. The third-order valence-electron chi connectivity index (χ3n) is 1.82. The van der Waals surface area contributed by atoms with Crippen LogP contribution in [0.2, 0.25) is 0 Å². The number of benzene rings is 1. The Kier molecular flexibility index (Phi) is 2.63. The number of nitrogens with zero attached hydrogens (tertiary/aromatic N) is 1. The molecule has 0 aliphatic heterocycles. The van der Waals surface area contributed by atoms with Crippen LogP contribution >= 0.6 is 12.9 Å². The normalized spacial score (nSPS) is 9.75. The van der Waals surface area contributed by atoms with Gasteiger partial charge in [-0.1, -0.05) is 18.2 Å². The van der Waals surface area contributed by atoms with Crippen molar-refractivity contribution in [2.24, 2.45) is 0 Å². The molecule has 0 saturated carbocycles. The highest BCUT2D eigenvalue weighted by Gasteiger charge is 1.96. The Morgan fingerprint density at radius 1 is 1.25 bits per heavy atom. The zero-order valence-electron chi connectivity index (χ0n) is 6.50. The van der Waals surface area contributed by atoms with Crippen molar-refractivity contribution in [1.82, 2.24) is 4.98 Å². The molecule has 1 nitrogen and oxygen atoms in total. The van der Waals surface area contributed by atoms with Crippen LogP contribution in [0.15, 0.2) is 36.5 Å². The molecule has 0 unspecified atom stereocenters. The van der Waals surface area contributed by atoms with Gasteiger partial charge in [-0.05, 0) is 17.5 Å². The minimum atomic E-state index is -0.212. The lowest BCUT2D eigenvalue weighted by molar-refractivity contribution is 1.42. The van der Waals surface area contributed by atoms with E-state index < -0.39 is 0 Å². The fourth-order valence-corrected chi connectivity index (χ4v) is 2.76. The van der Waals surface area contributed by atoms with Crippen LogP contribution in [0.5, 0.6) is 0 Å². The third kappa shape index (κ3) is 1.63. The molecule has 0 aliphatic carbocycles. The average Bonchev–Trinajstić information content (AvgIpc) is 2.17. The van der Waals surface area contributed by atoms with Gasteiger partial charge in [-0.3, -0.25) is 17.9 Å². The summed E-state index contributed by atoms with van der Waals surface area (Å²) in [5.41, 5.74) is 1.08. The van der Waals surface area contributed by atoms with Crippen LogP contribution in [-0.4, -0.2) is 23.2 Å².